The summed E-state index contributed by atoms with van der Waals surface area (Å²) in [4.78, 5) is 10.1. The van der Waals surface area contributed by atoms with Crippen LogP contribution >= 0.6 is 0 Å². The number of hydrogen-bond donors (Lipinski definition) is 1. The van der Waals surface area contributed by atoms with E-state index < -0.39 is 4.92 Å². The fourth-order valence-corrected chi connectivity index (χ4v) is 1.69. The fourth-order valence-electron chi connectivity index (χ4n) is 1.69. The molecule has 0 bridgehead atoms. The van der Waals surface area contributed by atoms with E-state index in [4.69, 9.17) is 4.74 Å². The molecule has 0 amide bonds. The van der Waals surface area contributed by atoms with Crippen molar-refractivity contribution >= 4 is 5.69 Å². The lowest BCUT2D eigenvalue weighted by Gasteiger charge is -2.10. The molecule has 0 aromatic heterocycles. The van der Waals surface area contributed by atoms with Gasteiger partial charge in [-0.15, -0.1) is 0 Å². The second kappa shape index (κ2) is 5.35. The summed E-state index contributed by atoms with van der Waals surface area (Å²) in [6.07, 6.45) is 2.62. The predicted octanol–water partition coefficient (Wildman–Crippen LogP) is 2.36. The lowest BCUT2D eigenvalue weighted by atomic mass is 10.1. The molecule has 1 aliphatic carbocycles. The van der Waals surface area contributed by atoms with Crippen LogP contribution in [0.1, 0.15) is 19.8 Å². The van der Waals surface area contributed by atoms with Gasteiger partial charge in [0.15, 0.2) is 0 Å². The Morgan fingerprint density at radius 2 is 2.06 bits per heavy atom. The molecule has 18 heavy (non-hydrogen) atoms. The molecule has 98 valence electrons. The average molecular weight is 250 g/mol. The van der Waals surface area contributed by atoms with E-state index in [0.29, 0.717) is 17.8 Å². The summed E-state index contributed by atoms with van der Waals surface area (Å²) in [5.74, 6) is 0.667. The second-order valence-corrected chi connectivity index (χ2v) is 5.09. The maximum Gasteiger partial charge on any atom is 0.269 e. The van der Waals surface area contributed by atoms with Crippen LogP contribution in [0.3, 0.4) is 0 Å². The standard InChI is InChI=1S/C13H18N2O3/c1-13(6-7-13)10-14-8-9-18-12-4-2-11(3-5-12)15(16)17/h2-5,14H,6-10H2,1H3. The Hall–Kier alpha value is -1.62. The van der Waals surface area contributed by atoms with E-state index in [-0.39, 0.29) is 5.69 Å². The van der Waals surface area contributed by atoms with Crippen molar-refractivity contribution < 1.29 is 9.66 Å². The molecule has 5 nitrogen and oxygen atoms in total. The number of nitrogens with one attached hydrogen (secondary N) is 1. The van der Waals surface area contributed by atoms with E-state index in [9.17, 15) is 10.1 Å². The molecule has 0 aliphatic heterocycles. The summed E-state index contributed by atoms with van der Waals surface area (Å²) in [6.45, 7) is 4.69. The van der Waals surface area contributed by atoms with E-state index in [1.165, 1.54) is 25.0 Å². The van der Waals surface area contributed by atoms with Crippen molar-refractivity contribution in [3.8, 4) is 5.75 Å². The van der Waals surface area contributed by atoms with Gasteiger partial charge in [0.25, 0.3) is 5.69 Å². The van der Waals surface area contributed by atoms with Crippen LogP contribution in [-0.2, 0) is 0 Å². The number of nitro benzene ring substituents is 1. The highest BCUT2D eigenvalue weighted by atomic mass is 16.6. The van der Waals surface area contributed by atoms with Gasteiger partial charge in [-0.1, -0.05) is 6.92 Å². The molecule has 1 saturated carbocycles. The first-order valence-electron chi connectivity index (χ1n) is 6.17. The van der Waals surface area contributed by atoms with Crippen LogP contribution in [0.25, 0.3) is 0 Å². The summed E-state index contributed by atoms with van der Waals surface area (Å²) >= 11 is 0. The van der Waals surface area contributed by atoms with Crippen LogP contribution in [0.2, 0.25) is 0 Å². The molecule has 0 saturated heterocycles. The van der Waals surface area contributed by atoms with E-state index in [1.54, 1.807) is 12.1 Å². The first kappa shape index (κ1) is 12.8. The molecule has 2 rings (SSSR count). The third-order valence-corrected chi connectivity index (χ3v) is 3.25. The van der Waals surface area contributed by atoms with Crippen molar-refractivity contribution in [2.45, 2.75) is 19.8 Å². The minimum Gasteiger partial charge on any atom is -0.492 e. The average Bonchev–Trinajstić information content (AvgIpc) is 3.08. The third kappa shape index (κ3) is 3.70. The Balaban J connectivity index is 1.65. The summed E-state index contributed by atoms with van der Waals surface area (Å²) in [7, 11) is 0. The van der Waals surface area contributed by atoms with Crippen molar-refractivity contribution in [1.29, 1.82) is 0 Å². The van der Waals surface area contributed by atoms with Crippen LogP contribution in [0.5, 0.6) is 5.75 Å². The second-order valence-electron chi connectivity index (χ2n) is 5.09. The molecule has 0 spiro atoms. The fraction of sp³-hybridized carbons (Fsp3) is 0.538. The molecule has 1 N–H and O–H groups in total. The van der Waals surface area contributed by atoms with Gasteiger partial charge in [-0.2, -0.15) is 0 Å². The van der Waals surface area contributed by atoms with E-state index in [2.05, 4.69) is 12.2 Å². The van der Waals surface area contributed by atoms with Crippen molar-refractivity contribution in [2.75, 3.05) is 19.7 Å². The highest BCUT2D eigenvalue weighted by Gasteiger charge is 2.36. The van der Waals surface area contributed by atoms with Gasteiger partial charge in [-0.3, -0.25) is 10.1 Å². The van der Waals surface area contributed by atoms with Crippen LogP contribution in [0.4, 0.5) is 5.69 Å². The normalized spacial score (nSPS) is 16.3. The molecule has 1 aliphatic rings. The van der Waals surface area contributed by atoms with Gasteiger partial charge < -0.3 is 10.1 Å². The van der Waals surface area contributed by atoms with Crippen LogP contribution < -0.4 is 10.1 Å². The van der Waals surface area contributed by atoms with Gasteiger partial charge in [-0.25, -0.2) is 0 Å². The highest BCUT2D eigenvalue weighted by Crippen LogP contribution is 2.43. The summed E-state index contributed by atoms with van der Waals surface area (Å²) in [6, 6.07) is 6.16. The largest absolute Gasteiger partial charge is 0.492 e. The maximum absolute atomic E-state index is 10.5. The van der Waals surface area contributed by atoms with E-state index >= 15 is 0 Å². The zero-order valence-electron chi connectivity index (χ0n) is 10.5. The van der Waals surface area contributed by atoms with Gasteiger partial charge in [0, 0.05) is 25.2 Å². The monoisotopic (exact) mass is 250 g/mol. The Labute approximate surface area is 106 Å². The summed E-state index contributed by atoms with van der Waals surface area (Å²) in [5, 5.41) is 13.8. The smallest absolute Gasteiger partial charge is 0.269 e. The summed E-state index contributed by atoms with van der Waals surface area (Å²) in [5.41, 5.74) is 0.593. The van der Waals surface area contributed by atoms with Gasteiger partial charge in [0.1, 0.15) is 12.4 Å². The quantitative estimate of drug-likeness (QED) is 0.458. The number of nitrogens with zero attached hydrogens (tertiary/aromatic N) is 1. The first-order chi connectivity index (χ1) is 8.59. The van der Waals surface area contributed by atoms with Gasteiger partial charge in [0.05, 0.1) is 4.92 Å². The number of rotatable bonds is 7. The lowest BCUT2D eigenvalue weighted by molar-refractivity contribution is -0.384. The molecular weight excluding hydrogens is 232 g/mol. The predicted molar refractivity (Wildman–Crippen MR) is 68.8 cm³/mol. The summed E-state index contributed by atoms with van der Waals surface area (Å²) < 4.78 is 5.49. The molecular formula is C13H18N2O3. The Kier molecular flexibility index (Phi) is 3.81. The zero-order chi connectivity index (χ0) is 13.0. The Morgan fingerprint density at radius 3 is 2.61 bits per heavy atom. The minimum absolute atomic E-state index is 0.0853. The Bertz CT molecular complexity index is 413. The van der Waals surface area contributed by atoms with Crippen LogP contribution in [0, 0.1) is 15.5 Å². The molecule has 0 heterocycles. The van der Waals surface area contributed by atoms with Crippen LogP contribution in [0.15, 0.2) is 24.3 Å². The van der Waals surface area contributed by atoms with Crippen molar-refractivity contribution in [3.63, 3.8) is 0 Å². The first-order valence-corrected chi connectivity index (χ1v) is 6.17. The topological polar surface area (TPSA) is 64.4 Å². The molecule has 1 fully saturated rings. The lowest BCUT2D eigenvalue weighted by Crippen LogP contribution is -2.26. The van der Waals surface area contributed by atoms with E-state index in [0.717, 1.165) is 13.1 Å². The van der Waals surface area contributed by atoms with Gasteiger partial charge >= 0.3 is 0 Å². The highest BCUT2D eigenvalue weighted by molar-refractivity contribution is 5.35. The third-order valence-electron chi connectivity index (χ3n) is 3.25. The zero-order valence-corrected chi connectivity index (χ0v) is 10.5. The number of benzene rings is 1. The molecule has 0 radical (unpaired) electrons. The van der Waals surface area contributed by atoms with Gasteiger partial charge in [-0.05, 0) is 30.4 Å². The minimum atomic E-state index is -0.415. The number of ether oxygens (including phenoxy) is 1. The van der Waals surface area contributed by atoms with Crippen molar-refractivity contribution in [1.82, 2.24) is 5.32 Å². The maximum atomic E-state index is 10.5. The Morgan fingerprint density at radius 1 is 1.39 bits per heavy atom. The SMILES string of the molecule is CC1(CNCCOc2ccc([N+](=O)[O-])cc2)CC1. The van der Waals surface area contributed by atoms with Crippen molar-refractivity contribution in [2.24, 2.45) is 5.41 Å². The van der Waals surface area contributed by atoms with Gasteiger partial charge in [0.2, 0.25) is 0 Å². The molecule has 1 aromatic carbocycles. The van der Waals surface area contributed by atoms with Crippen molar-refractivity contribution in [3.05, 3.63) is 34.4 Å². The van der Waals surface area contributed by atoms with E-state index in [1.807, 2.05) is 0 Å². The number of non-ortho nitro benzene ring substituents is 1. The molecule has 0 atom stereocenters. The molecule has 1 aromatic rings. The number of hydrogen-bond acceptors (Lipinski definition) is 4. The molecule has 0 unspecified atom stereocenters. The number of nitro groups is 1. The molecule has 5 heteroatoms. The van der Waals surface area contributed by atoms with Crippen LogP contribution in [-0.4, -0.2) is 24.6 Å².